The fourth-order valence-corrected chi connectivity index (χ4v) is 4.54. The third-order valence-corrected chi connectivity index (χ3v) is 6.15. The van der Waals surface area contributed by atoms with E-state index in [0.29, 0.717) is 6.04 Å². The normalized spacial score (nSPS) is 20.5. The van der Waals surface area contributed by atoms with Gasteiger partial charge in [-0.2, -0.15) is 4.98 Å². The largest absolute Gasteiger partial charge is 0.368 e. The highest BCUT2D eigenvalue weighted by molar-refractivity contribution is 5.51. The number of rotatable bonds is 4. The third-order valence-electron chi connectivity index (χ3n) is 6.15. The number of piperazine rings is 1. The number of piperidine rings is 1. The van der Waals surface area contributed by atoms with E-state index < -0.39 is 0 Å². The molecular formula is C23H33N5. The van der Waals surface area contributed by atoms with E-state index in [1.807, 2.05) is 0 Å². The molecule has 0 amide bonds. The van der Waals surface area contributed by atoms with Gasteiger partial charge in [0.25, 0.3) is 0 Å². The van der Waals surface area contributed by atoms with E-state index in [4.69, 9.17) is 9.97 Å². The molecule has 28 heavy (non-hydrogen) atoms. The minimum atomic E-state index is 0.620. The Kier molecular flexibility index (Phi) is 5.69. The predicted molar refractivity (Wildman–Crippen MR) is 118 cm³/mol. The zero-order chi connectivity index (χ0) is 19.5. The van der Waals surface area contributed by atoms with E-state index in [9.17, 15) is 0 Å². The molecule has 1 unspecified atom stereocenters. The number of aromatic nitrogens is 2. The maximum absolute atomic E-state index is 5.01. The molecular weight excluding hydrogens is 346 g/mol. The monoisotopic (exact) mass is 379 g/mol. The van der Waals surface area contributed by atoms with Crippen molar-refractivity contribution in [2.75, 3.05) is 47.4 Å². The van der Waals surface area contributed by atoms with Gasteiger partial charge in [0.15, 0.2) is 0 Å². The molecule has 4 rings (SSSR count). The number of nitrogens with zero attached hydrogens (tertiary/aromatic N) is 5. The van der Waals surface area contributed by atoms with Crippen LogP contribution in [0.2, 0.25) is 0 Å². The number of aryl methyl sites for hydroxylation is 2. The Bertz CT molecular complexity index is 797. The Hall–Kier alpha value is -2.30. The highest BCUT2D eigenvalue weighted by Gasteiger charge is 2.25. The van der Waals surface area contributed by atoms with Gasteiger partial charge in [0, 0.05) is 56.2 Å². The van der Waals surface area contributed by atoms with Crippen molar-refractivity contribution in [2.24, 2.45) is 0 Å². The Morgan fingerprint density at radius 2 is 1.71 bits per heavy atom. The van der Waals surface area contributed by atoms with E-state index in [1.165, 1.54) is 36.9 Å². The van der Waals surface area contributed by atoms with Crippen LogP contribution in [0.5, 0.6) is 0 Å². The molecule has 3 heterocycles. The summed E-state index contributed by atoms with van der Waals surface area (Å²) in [5.74, 6) is 2.02. The minimum Gasteiger partial charge on any atom is -0.368 e. The lowest BCUT2D eigenvalue weighted by Gasteiger charge is -2.38. The Labute approximate surface area is 169 Å². The number of benzene rings is 1. The summed E-state index contributed by atoms with van der Waals surface area (Å²) in [5.41, 5.74) is 3.71. The summed E-state index contributed by atoms with van der Waals surface area (Å²) < 4.78 is 0. The van der Waals surface area contributed by atoms with Gasteiger partial charge in [0.1, 0.15) is 5.82 Å². The molecule has 2 fully saturated rings. The maximum Gasteiger partial charge on any atom is 0.227 e. The van der Waals surface area contributed by atoms with Crippen LogP contribution in [0.1, 0.15) is 43.9 Å². The van der Waals surface area contributed by atoms with E-state index in [1.54, 1.807) is 0 Å². The Morgan fingerprint density at radius 3 is 2.46 bits per heavy atom. The summed E-state index contributed by atoms with van der Waals surface area (Å²) in [7, 11) is 0. The van der Waals surface area contributed by atoms with Crippen LogP contribution in [0, 0.1) is 13.8 Å². The summed E-state index contributed by atoms with van der Waals surface area (Å²) in [5, 5.41) is 0. The van der Waals surface area contributed by atoms with E-state index in [2.05, 4.69) is 65.8 Å². The maximum atomic E-state index is 5.01. The van der Waals surface area contributed by atoms with Crippen molar-refractivity contribution in [3.05, 3.63) is 41.6 Å². The second-order valence-corrected chi connectivity index (χ2v) is 8.23. The van der Waals surface area contributed by atoms with Crippen LogP contribution in [-0.2, 0) is 0 Å². The molecule has 5 heteroatoms. The second-order valence-electron chi connectivity index (χ2n) is 8.23. The molecule has 2 aliphatic rings. The molecule has 2 saturated heterocycles. The van der Waals surface area contributed by atoms with Crippen molar-refractivity contribution in [2.45, 2.75) is 52.5 Å². The average Bonchev–Trinajstić information content (AvgIpc) is 2.73. The molecule has 150 valence electrons. The summed E-state index contributed by atoms with van der Waals surface area (Å²) >= 11 is 0. The van der Waals surface area contributed by atoms with Crippen LogP contribution in [-0.4, -0.2) is 48.7 Å². The molecule has 0 N–H and O–H groups in total. The van der Waals surface area contributed by atoms with Crippen LogP contribution in [0.25, 0.3) is 0 Å². The lowest BCUT2D eigenvalue weighted by Crippen LogP contribution is -2.47. The highest BCUT2D eigenvalue weighted by Crippen LogP contribution is 2.27. The van der Waals surface area contributed by atoms with Crippen LogP contribution in [0.15, 0.2) is 30.3 Å². The number of anilines is 3. The van der Waals surface area contributed by atoms with Crippen molar-refractivity contribution in [3.8, 4) is 0 Å². The Morgan fingerprint density at radius 1 is 0.929 bits per heavy atom. The molecule has 0 radical (unpaired) electrons. The lowest BCUT2D eigenvalue weighted by molar-refractivity contribution is 0.446. The molecule has 1 aromatic carbocycles. The molecule has 0 bridgehead atoms. The van der Waals surface area contributed by atoms with Crippen LogP contribution < -0.4 is 14.7 Å². The summed E-state index contributed by atoms with van der Waals surface area (Å²) in [6.07, 6.45) is 5.08. The Balaban J connectivity index is 1.48. The summed E-state index contributed by atoms with van der Waals surface area (Å²) in [4.78, 5) is 17.1. The highest BCUT2D eigenvalue weighted by atomic mass is 15.3. The third kappa shape index (κ3) is 4.08. The second kappa shape index (κ2) is 8.38. The van der Waals surface area contributed by atoms with Crippen LogP contribution in [0.3, 0.4) is 0 Å². The summed E-state index contributed by atoms with van der Waals surface area (Å²) in [6, 6.07) is 11.6. The first-order valence-electron chi connectivity index (χ1n) is 10.8. The lowest BCUT2D eigenvalue weighted by atomic mass is 10.00. The molecule has 0 spiro atoms. The van der Waals surface area contributed by atoms with Crippen molar-refractivity contribution >= 4 is 17.5 Å². The predicted octanol–water partition coefficient (Wildman–Crippen LogP) is 4.19. The van der Waals surface area contributed by atoms with Gasteiger partial charge in [0.2, 0.25) is 5.95 Å². The standard InChI is InChI=1S/C23H33N5/c1-4-20-9-5-6-11-28(20)22-17-19(3)24-23(25-22)27-14-12-26(13-15-27)21-10-7-8-18(2)16-21/h7-8,10,16-17,20H,4-6,9,11-15H2,1-3H3. The minimum absolute atomic E-state index is 0.620. The average molecular weight is 380 g/mol. The SMILES string of the molecule is CCC1CCCCN1c1cc(C)nc(N2CCN(c3cccc(C)c3)CC2)n1. The molecule has 1 atom stereocenters. The molecule has 2 aromatic rings. The fraction of sp³-hybridized carbons (Fsp3) is 0.565. The van der Waals surface area contributed by atoms with Gasteiger partial charge in [-0.05, 0) is 57.2 Å². The van der Waals surface area contributed by atoms with Crippen LogP contribution >= 0.6 is 0 Å². The van der Waals surface area contributed by atoms with Gasteiger partial charge in [-0.25, -0.2) is 4.98 Å². The number of hydrogen-bond acceptors (Lipinski definition) is 5. The molecule has 1 aromatic heterocycles. The van der Waals surface area contributed by atoms with Gasteiger partial charge in [-0.3, -0.25) is 0 Å². The van der Waals surface area contributed by atoms with E-state index >= 15 is 0 Å². The van der Waals surface area contributed by atoms with Crippen LogP contribution in [0.4, 0.5) is 17.5 Å². The zero-order valence-electron chi connectivity index (χ0n) is 17.6. The van der Waals surface area contributed by atoms with Crippen molar-refractivity contribution in [1.82, 2.24) is 9.97 Å². The van der Waals surface area contributed by atoms with Gasteiger partial charge in [-0.15, -0.1) is 0 Å². The first-order valence-corrected chi connectivity index (χ1v) is 10.8. The van der Waals surface area contributed by atoms with Crippen molar-refractivity contribution < 1.29 is 0 Å². The summed E-state index contributed by atoms with van der Waals surface area (Å²) in [6.45, 7) is 11.6. The van der Waals surface area contributed by atoms with E-state index in [0.717, 1.165) is 50.2 Å². The zero-order valence-corrected chi connectivity index (χ0v) is 17.6. The molecule has 5 nitrogen and oxygen atoms in total. The first kappa shape index (κ1) is 19.0. The van der Waals surface area contributed by atoms with Gasteiger partial charge in [-0.1, -0.05) is 19.1 Å². The van der Waals surface area contributed by atoms with Crippen molar-refractivity contribution in [3.63, 3.8) is 0 Å². The smallest absolute Gasteiger partial charge is 0.227 e. The van der Waals surface area contributed by atoms with Gasteiger partial charge >= 0.3 is 0 Å². The number of hydrogen-bond donors (Lipinski definition) is 0. The molecule has 0 saturated carbocycles. The van der Waals surface area contributed by atoms with Crippen molar-refractivity contribution in [1.29, 1.82) is 0 Å². The quantitative estimate of drug-likeness (QED) is 0.796. The van der Waals surface area contributed by atoms with E-state index in [-0.39, 0.29) is 0 Å². The van der Waals surface area contributed by atoms with Gasteiger partial charge < -0.3 is 14.7 Å². The first-order chi connectivity index (χ1) is 13.6. The fourth-order valence-electron chi connectivity index (χ4n) is 4.54. The molecule has 0 aliphatic carbocycles. The topological polar surface area (TPSA) is 35.5 Å². The van der Waals surface area contributed by atoms with Gasteiger partial charge in [0.05, 0.1) is 0 Å². The molecule has 2 aliphatic heterocycles.